The van der Waals surface area contributed by atoms with E-state index in [1.54, 1.807) is 66.9 Å². The fourth-order valence-electron chi connectivity index (χ4n) is 17.3. The Kier molecular flexibility index (Phi) is 24.7. The Labute approximate surface area is 772 Å². The summed E-state index contributed by atoms with van der Waals surface area (Å²) in [7, 11) is 0. The zero-order chi connectivity index (χ0) is 92.1. The van der Waals surface area contributed by atoms with Crippen LogP contribution < -0.4 is 51.5 Å². The number of aromatic amines is 4. The van der Waals surface area contributed by atoms with E-state index in [4.69, 9.17) is 5.73 Å². The van der Waals surface area contributed by atoms with Crippen LogP contribution >= 0.6 is 0 Å². The molecule has 16 aromatic rings. The van der Waals surface area contributed by atoms with Gasteiger partial charge in [0.1, 0.15) is 23.3 Å². The molecule has 0 spiro atoms. The van der Waals surface area contributed by atoms with Crippen molar-refractivity contribution in [1.29, 1.82) is 0 Å². The molecular weight excluding hydrogens is 1720 g/mol. The van der Waals surface area contributed by atoms with E-state index in [1.807, 2.05) is 157 Å². The molecule has 0 saturated carbocycles. The van der Waals surface area contributed by atoms with Gasteiger partial charge >= 0.3 is 0 Å². The highest BCUT2D eigenvalue weighted by Gasteiger charge is 2.39. The van der Waals surface area contributed by atoms with E-state index in [0.29, 0.717) is 89.0 Å². The monoisotopic (exact) mass is 1820 g/mol. The van der Waals surface area contributed by atoms with Crippen LogP contribution in [-0.2, 0) is 13.1 Å². The van der Waals surface area contributed by atoms with Gasteiger partial charge in [-0.25, -0.2) is 37.5 Å². The molecule has 0 atom stereocenters. The summed E-state index contributed by atoms with van der Waals surface area (Å²) in [5.41, 5.74) is 23.5. The third-order valence-corrected chi connectivity index (χ3v) is 25.4. The highest BCUT2D eigenvalue weighted by atomic mass is 19.3. The van der Waals surface area contributed by atoms with Gasteiger partial charge in [0.2, 0.25) is 0 Å². The third kappa shape index (κ3) is 20.1. The number of benzene rings is 4. The van der Waals surface area contributed by atoms with Crippen molar-refractivity contribution in [2.75, 3.05) is 143 Å². The number of nitrogens with one attached hydrogen (secondary N) is 8. The van der Waals surface area contributed by atoms with Crippen LogP contribution in [0.15, 0.2) is 220 Å². The maximum Gasteiger partial charge on any atom is 0.276 e. The number of carbonyl (C=O) groups excluding carboxylic acids is 4. The lowest BCUT2D eigenvalue weighted by atomic mass is 10.0. The standard InChI is InChI=1S/C27H27F2N7O.C26H25F2N7O.C25H25N7O.C21H19N7O/c28-27(29)6-10-35(11-7-27)17-18-12-20(15-30-14-18)19-2-4-23-22(13-19)25(34-33-23)26(37)32-21-3-5-24(31-16-21)36-8-1-9-36;27-26(28)6-9-34(16-26)15-17-10-19(13-29-12-17)18-2-4-22-21(11-18)24(33-32-22)25(36)31-20-3-5-23(30-14-20)35-7-1-8-35;33-25(28-19-5-7-23(27-15-19)32-10-3-11-32)24-21-13-17(4-6-22(21)29-30-24)18-12-20(16-26-14-18)31-8-1-2-9-31;22-15-8-14(10-23-11-15)13-2-4-18-17(9-13)20(27-26-18)21(29)25-16-3-5-19(24-12-16)28-6-1-7-28/h2-5,12-16H,1,6-11,17H2,(H,32,37)(H,33,34);2-5,10-14H,1,6-9,15-16H2,(H,31,36)(H,32,33);4-7,12-16H,1-3,8-11H2,(H,28,33)(H,29,30);2-5,8-12H,1,6-7,22H2,(H,25,29)(H,26,27). The number of halogens is 4. The van der Waals surface area contributed by atoms with Crippen LogP contribution in [0.3, 0.4) is 0 Å². The molecule has 0 bridgehead atoms. The molecule has 10 N–H and O–H groups in total. The number of fused-ring (bicyclic) bond motifs is 4. The van der Waals surface area contributed by atoms with Crippen molar-refractivity contribution in [3.8, 4) is 44.5 Å². The Morgan fingerprint density at radius 2 is 0.622 bits per heavy atom. The number of piperidine rings is 1. The molecule has 135 heavy (non-hydrogen) atoms. The smallest absolute Gasteiger partial charge is 0.276 e. The summed E-state index contributed by atoms with van der Waals surface area (Å²) in [5, 5.41) is 43.1. The Hall–Kier alpha value is -15.7. The maximum absolute atomic E-state index is 13.6. The molecule has 23 rings (SSSR count). The summed E-state index contributed by atoms with van der Waals surface area (Å²) in [4.78, 5) is 102. The quantitative estimate of drug-likeness (QED) is 0.0302. The van der Waals surface area contributed by atoms with Gasteiger partial charge in [0.15, 0.2) is 22.8 Å². The number of anilines is 10. The minimum atomic E-state index is -2.62. The largest absolute Gasteiger partial charge is 0.397 e. The number of nitrogens with two attached hydrogens (primary N) is 1. The molecule has 32 nitrogen and oxygen atoms in total. The number of hydrogen-bond acceptors (Lipinski definition) is 24. The molecule has 7 aliphatic heterocycles. The number of nitrogens with zero attached hydrogens (tertiary/aromatic N) is 19. The number of pyridine rings is 8. The van der Waals surface area contributed by atoms with Crippen molar-refractivity contribution in [3.05, 3.63) is 254 Å². The average molecular weight is 1820 g/mol. The van der Waals surface area contributed by atoms with E-state index in [2.05, 4.69) is 132 Å². The summed E-state index contributed by atoms with van der Waals surface area (Å²) < 4.78 is 54.1. The number of H-pyrrole nitrogens is 4. The van der Waals surface area contributed by atoms with E-state index in [1.165, 1.54) is 38.5 Å². The average Bonchev–Trinajstić information content (AvgIpc) is 1.67. The lowest BCUT2D eigenvalue weighted by Crippen LogP contribution is -2.38. The van der Waals surface area contributed by atoms with Crippen molar-refractivity contribution in [3.63, 3.8) is 0 Å². The molecule has 19 heterocycles. The van der Waals surface area contributed by atoms with E-state index in [-0.39, 0.29) is 55.1 Å². The molecule has 4 aromatic carbocycles. The molecule has 36 heteroatoms. The number of alkyl halides is 4. The van der Waals surface area contributed by atoms with Crippen LogP contribution in [0, 0.1) is 0 Å². The third-order valence-electron chi connectivity index (χ3n) is 25.4. The Morgan fingerprint density at radius 3 is 0.941 bits per heavy atom. The summed E-state index contributed by atoms with van der Waals surface area (Å²) >= 11 is 0. The van der Waals surface area contributed by atoms with Gasteiger partial charge in [-0.2, -0.15) is 20.4 Å². The van der Waals surface area contributed by atoms with E-state index in [9.17, 15) is 36.7 Å². The van der Waals surface area contributed by atoms with Crippen LogP contribution in [0.4, 0.5) is 75.0 Å². The topological polar surface area (TPSA) is 383 Å². The van der Waals surface area contributed by atoms with E-state index < -0.39 is 11.8 Å². The van der Waals surface area contributed by atoms with Crippen molar-refractivity contribution >= 4 is 125 Å². The Bertz CT molecular complexity index is 7000. The van der Waals surface area contributed by atoms with Gasteiger partial charge in [0.25, 0.3) is 35.5 Å². The van der Waals surface area contributed by atoms with Crippen LogP contribution in [0.25, 0.3) is 88.1 Å². The zero-order valence-corrected chi connectivity index (χ0v) is 73.7. The SMILES string of the molecule is Nc1cncc(-c2ccc3[nH]nc(C(=O)Nc4ccc(N5CCC5)nc4)c3c2)c1.O=C(Nc1ccc(N2CCC2)nc1)c1n[nH]c2ccc(-c3cncc(CN4CCC(F)(F)C4)c3)cc12.O=C(Nc1ccc(N2CCC2)nc1)c1n[nH]c2ccc(-c3cncc(CN4CCC(F)(F)CC4)c3)cc12.O=C(Nc1ccc(N2CCC2)nc1)c1n[nH]c2ccc(-c3cncc(N4CCCC4)c3)cc12. The highest BCUT2D eigenvalue weighted by molar-refractivity contribution is 6.15. The molecule has 684 valence electrons. The summed E-state index contributed by atoms with van der Waals surface area (Å²) in [5.74, 6) is -2.71. The number of hydrogen-bond donors (Lipinski definition) is 9. The number of rotatable bonds is 21. The lowest BCUT2D eigenvalue weighted by molar-refractivity contribution is -0.0566. The Balaban J connectivity index is 0.000000112. The van der Waals surface area contributed by atoms with Gasteiger partial charge in [-0.3, -0.25) is 69.3 Å². The molecule has 0 aliphatic carbocycles. The minimum Gasteiger partial charge on any atom is -0.397 e. The Morgan fingerprint density at radius 1 is 0.311 bits per heavy atom. The van der Waals surface area contributed by atoms with Crippen molar-refractivity contribution in [2.24, 2.45) is 0 Å². The minimum absolute atomic E-state index is 0.110. The number of nitrogen functional groups attached to an aromatic ring is 1. The molecule has 0 radical (unpaired) electrons. The first kappa shape index (κ1) is 87.3. The van der Waals surface area contributed by atoms with E-state index >= 15 is 0 Å². The molecule has 7 fully saturated rings. The summed E-state index contributed by atoms with van der Waals surface area (Å²) in [6.07, 6.45) is 27.6. The number of amides is 4. The molecule has 12 aromatic heterocycles. The zero-order valence-electron chi connectivity index (χ0n) is 73.7. The second kappa shape index (κ2) is 38.2. The first-order valence-electron chi connectivity index (χ1n) is 45.3. The van der Waals surface area contributed by atoms with Crippen molar-refractivity contribution in [1.82, 2.24) is 90.5 Å². The van der Waals surface area contributed by atoms with E-state index in [0.717, 1.165) is 183 Å². The molecular formula is C99H96F4N28O4. The van der Waals surface area contributed by atoms with Crippen LogP contribution in [0.1, 0.15) is 111 Å². The number of likely N-dealkylation sites (tertiary alicyclic amines) is 2. The highest BCUT2D eigenvalue weighted by Crippen LogP contribution is 2.37. The van der Waals surface area contributed by atoms with Crippen LogP contribution in [-0.4, -0.2) is 218 Å². The molecule has 0 unspecified atom stereocenters. The molecule has 7 saturated heterocycles. The summed E-state index contributed by atoms with van der Waals surface area (Å²) in [6.45, 7) is 12.2. The fourth-order valence-corrected chi connectivity index (χ4v) is 17.3. The summed E-state index contributed by atoms with van der Waals surface area (Å²) in [6, 6.07) is 46.3. The lowest BCUT2D eigenvalue weighted by Gasteiger charge is -2.31. The van der Waals surface area contributed by atoms with Gasteiger partial charge in [0, 0.05) is 205 Å². The second-order valence-corrected chi connectivity index (χ2v) is 34.9. The van der Waals surface area contributed by atoms with Crippen molar-refractivity contribution in [2.45, 2.75) is 82.7 Å². The number of aromatic nitrogens is 16. The molecule has 4 amide bonds. The predicted molar refractivity (Wildman–Crippen MR) is 514 cm³/mol. The van der Waals surface area contributed by atoms with Crippen molar-refractivity contribution < 1.29 is 36.7 Å². The van der Waals surface area contributed by atoms with Gasteiger partial charge in [-0.05, 0) is 193 Å². The van der Waals surface area contributed by atoms with Gasteiger partial charge in [-0.15, -0.1) is 0 Å². The van der Waals surface area contributed by atoms with Gasteiger partial charge in [0.05, 0.1) is 93.7 Å². The first-order valence-corrected chi connectivity index (χ1v) is 45.3. The maximum atomic E-state index is 13.6. The molecule has 7 aliphatic rings. The normalized spacial score (nSPS) is 16.1. The van der Waals surface area contributed by atoms with Crippen LogP contribution in [0.2, 0.25) is 0 Å². The second-order valence-electron chi connectivity index (χ2n) is 34.9. The van der Waals surface area contributed by atoms with Crippen LogP contribution in [0.5, 0.6) is 0 Å². The van der Waals surface area contributed by atoms with Gasteiger partial charge in [-0.1, -0.05) is 24.3 Å². The first-order chi connectivity index (χ1) is 65.8. The van der Waals surface area contributed by atoms with Gasteiger partial charge < -0.3 is 51.5 Å². The fraction of sp³-hybridized carbons (Fsp3) is 0.273. The predicted octanol–water partition coefficient (Wildman–Crippen LogP) is 16.2. The number of carbonyl (C=O) groups is 4.